The molecule has 162 valence electrons. The lowest BCUT2D eigenvalue weighted by molar-refractivity contribution is 0.0551. The van der Waals surface area contributed by atoms with Crippen molar-refractivity contribution in [3.8, 4) is 11.4 Å². The fourth-order valence-corrected chi connectivity index (χ4v) is 4.62. The van der Waals surface area contributed by atoms with Crippen LogP contribution in [-0.4, -0.2) is 30.0 Å². The highest BCUT2D eigenvalue weighted by molar-refractivity contribution is 7.92. The molecular weight excluding hydrogens is 471 g/mol. The van der Waals surface area contributed by atoms with E-state index < -0.39 is 21.0 Å². The van der Waals surface area contributed by atoms with Crippen LogP contribution in [0.25, 0.3) is 17.0 Å². The van der Waals surface area contributed by atoms with Crippen LogP contribution >= 0.6 is 23.2 Å². The third-order valence-corrected chi connectivity index (χ3v) is 6.16. The molecule has 7 nitrogen and oxygen atoms in total. The van der Waals surface area contributed by atoms with Gasteiger partial charge in [0.1, 0.15) is 5.65 Å². The molecule has 3 aromatic heterocycles. The van der Waals surface area contributed by atoms with Crippen molar-refractivity contribution in [2.24, 2.45) is 4.36 Å². The summed E-state index contributed by atoms with van der Waals surface area (Å²) in [7, 11) is -2.63. The van der Waals surface area contributed by atoms with Crippen molar-refractivity contribution in [2.75, 3.05) is 6.26 Å². The number of aryl methyl sites for hydroxylation is 1. The van der Waals surface area contributed by atoms with E-state index in [9.17, 15) is 13.0 Å². The number of halogens is 4. The zero-order valence-electron chi connectivity index (χ0n) is 16.2. The van der Waals surface area contributed by atoms with E-state index in [1.54, 1.807) is 60.2 Å². The lowest BCUT2D eigenvalue weighted by Crippen LogP contribution is -2.03. The Morgan fingerprint density at radius 3 is 2.58 bits per heavy atom. The van der Waals surface area contributed by atoms with Gasteiger partial charge in [0.05, 0.1) is 21.2 Å². The number of rotatable bonds is 5. The van der Waals surface area contributed by atoms with Crippen LogP contribution < -0.4 is 0 Å². The van der Waals surface area contributed by atoms with Crippen LogP contribution in [0, 0.1) is 6.92 Å². The average Bonchev–Trinajstić information content (AvgIpc) is 3.28. The zero-order valence-corrected chi connectivity index (χ0v) is 18.5. The molecule has 1 unspecified atom stereocenters. The molecule has 12 heteroatoms. The Kier molecular flexibility index (Phi) is 5.48. The van der Waals surface area contributed by atoms with Crippen LogP contribution in [0.2, 0.25) is 5.02 Å². The first kappa shape index (κ1) is 21.7. The van der Waals surface area contributed by atoms with Gasteiger partial charge in [-0.25, -0.2) is 9.19 Å². The number of pyridine rings is 1. The van der Waals surface area contributed by atoms with Gasteiger partial charge in [0.15, 0.2) is 5.82 Å². The molecule has 0 aliphatic rings. The Hall–Kier alpha value is -2.56. The van der Waals surface area contributed by atoms with Crippen molar-refractivity contribution in [1.82, 2.24) is 19.5 Å². The Bertz CT molecular complexity index is 1390. The molecule has 0 fully saturated rings. The summed E-state index contributed by atoms with van der Waals surface area (Å²) in [5, 5.41) is 0.379. The number of imidazole rings is 1. The van der Waals surface area contributed by atoms with Gasteiger partial charge in [0.25, 0.3) is 0 Å². The minimum atomic E-state index is -3.75. The monoisotopic (exact) mass is 485 g/mol. The van der Waals surface area contributed by atoms with Crippen LogP contribution in [0.5, 0.6) is 0 Å². The molecule has 0 bridgehead atoms. The molecule has 0 saturated heterocycles. The highest BCUT2D eigenvalue weighted by Gasteiger charge is 2.35. The predicted octanol–water partition coefficient (Wildman–Crippen LogP) is 5.56. The first-order valence-electron chi connectivity index (χ1n) is 8.86. The molecule has 0 spiro atoms. The second kappa shape index (κ2) is 7.85. The van der Waals surface area contributed by atoms with Gasteiger partial charge in [-0.1, -0.05) is 28.9 Å². The number of aromatic nitrogens is 4. The number of hydrogen-bond donors (Lipinski definition) is 0. The molecule has 4 rings (SSSR count). The predicted molar refractivity (Wildman–Crippen MR) is 114 cm³/mol. The zero-order chi connectivity index (χ0) is 22.4. The molecule has 0 aliphatic heterocycles. The smallest absolute Gasteiger partial charge is 0.331 e. The minimum absolute atomic E-state index is 0.0565. The van der Waals surface area contributed by atoms with Gasteiger partial charge in [-0.3, -0.25) is 4.40 Å². The SMILES string of the molecule is Cc1nc2cc(-c3noc(C(F)(F)Cl)n3)ccn2c1N=S(C)(=O)Cc1ccc(Cl)cc1. The van der Waals surface area contributed by atoms with E-state index in [2.05, 4.69) is 24.0 Å². The van der Waals surface area contributed by atoms with Gasteiger partial charge in [-0.2, -0.15) is 18.1 Å². The quantitative estimate of drug-likeness (QED) is 0.345. The van der Waals surface area contributed by atoms with Crippen molar-refractivity contribution in [3.63, 3.8) is 0 Å². The number of hydrogen-bond acceptors (Lipinski definition) is 6. The van der Waals surface area contributed by atoms with Gasteiger partial charge in [-0.15, -0.1) is 0 Å². The van der Waals surface area contributed by atoms with Crippen LogP contribution in [-0.2, 0) is 20.9 Å². The molecule has 4 aromatic rings. The second-order valence-corrected chi connectivity index (χ2v) is 10.2. The summed E-state index contributed by atoms with van der Waals surface area (Å²) in [6, 6.07) is 10.2. The van der Waals surface area contributed by atoms with Gasteiger partial charge >= 0.3 is 11.3 Å². The normalized spacial score (nSPS) is 14.0. The summed E-state index contributed by atoms with van der Waals surface area (Å²) in [5.74, 6) is -0.372. The van der Waals surface area contributed by atoms with Gasteiger partial charge < -0.3 is 4.52 Å². The van der Waals surface area contributed by atoms with Gasteiger partial charge in [0, 0.05) is 23.0 Å². The number of fused-ring (bicyclic) bond motifs is 1. The molecule has 0 radical (unpaired) electrons. The summed E-state index contributed by atoms with van der Waals surface area (Å²) >= 11 is 10.8. The number of benzene rings is 1. The molecule has 0 N–H and O–H groups in total. The Morgan fingerprint density at radius 2 is 1.94 bits per heavy atom. The molecule has 1 atom stereocenters. The minimum Gasteiger partial charge on any atom is -0.331 e. The highest BCUT2D eigenvalue weighted by atomic mass is 35.5. The first-order chi connectivity index (χ1) is 14.5. The lowest BCUT2D eigenvalue weighted by atomic mass is 10.2. The van der Waals surface area contributed by atoms with Crippen molar-refractivity contribution < 1.29 is 17.5 Å². The third-order valence-electron chi connectivity index (χ3n) is 4.32. The molecule has 31 heavy (non-hydrogen) atoms. The summed E-state index contributed by atoms with van der Waals surface area (Å²) in [6.07, 6.45) is 3.19. The van der Waals surface area contributed by atoms with E-state index in [0.29, 0.717) is 27.7 Å². The van der Waals surface area contributed by atoms with E-state index in [1.165, 1.54) is 0 Å². The van der Waals surface area contributed by atoms with Crippen molar-refractivity contribution >= 4 is 44.4 Å². The van der Waals surface area contributed by atoms with Crippen molar-refractivity contribution in [2.45, 2.75) is 18.1 Å². The highest BCUT2D eigenvalue weighted by Crippen LogP contribution is 2.32. The summed E-state index contributed by atoms with van der Waals surface area (Å²) < 4.78 is 50.0. The van der Waals surface area contributed by atoms with E-state index >= 15 is 0 Å². The summed E-state index contributed by atoms with van der Waals surface area (Å²) in [6.45, 7) is 1.74. The largest absolute Gasteiger partial charge is 0.400 e. The standard InChI is InChI=1S/C19H15Cl2F2N5O2S/c1-11-17(27-31(2,29)10-12-3-5-14(20)6-4-12)28-8-7-13(9-15(28)24-11)16-25-18(30-26-16)19(21,22)23/h3-9H,10H2,1-2H3. The molecule has 1 aromatic carbocycles. The van der Waals surface area contributed by atoms with Crippen LogP contribution in [0.3, 0.4) is 0 Å². The maximum absolute atomic E-state index is 13.1. The fraction of sp³-hybridized carbons (Fsp3) is 0.211. The number of nitrogens with zero attached hydrogens (tertiary/aromatic N) is 5. The van der Waals surface area contributed by atoms with Crippen LogP contribution in [0.1, 0.15) is 17.1 Å². The second-order valence-electron chi connectivity index (χ2n) is 6.91. The lowest BCUT2D eigenvalue weighted by Gasteiger charge is -2.06. The maximum Gasteiger partial charge on any atom is 0.400 e. The van der Waals surface area contributed by atoms with E-state index in [4.69, 9.17) is 23.2 Å². The average molecular weight is 486 g/mol. The molecule has 0 amide bonds. The first-order valence-corrected chi connectivity index (χ1v) is 11.7. The topological polar surface area (TPSA) is 85.7 Å². The summed E-state index contributed by atoms with van der Waals surface area (Å²) in [4.78, 5) is 8.05. The van der Waals surface area contributed by atoms with Crippen molar-refractivity contribution in [3.05, 3.63) is 64.8 Å². The van der Waals surface area contributed by atoms with Crippen molar-refractivity contribution in [1.29, 1.82) is 0 Å². The Morgan fingerprint density at radius 1 is 1.23 bits per heavy atom. The third kappa shape index (κ3) is 4.70. The van der Waals surface area contributed by atoms with Gasteiger partial charge in [0.2, 0.25) is 5.82 Å². The van der Waals surface area contributed by atoms with Crippen LogP contribution in [0.4, 0.5) is 14.6 Å². The number of alkyl halides is 3. The molecule has 0 aliphatic carbocycles. The maximum atomic E-state index is 13.1. The van der Waals surface area contributed by atoms with E-state index in [-0.39, 0.29) is 11.6 Å². The molecular formula is C19H15Cl2F2N5O2S. The fourth-order valence-electron chi connectivity index (χ4n) is 2.96. The summed E-state index contributed by atoms with van der Waals surface area (Å²) in [5.41, 5.74) is 2.26. The van der Waals surface area contributed by atoms with Gasteiger partial charge in [-0.05, 0) is 48.4 Å². The molecule has 0 saturated carbocycles. The van der Waals surface area contributed by atoms with Crippen LogP contribution in [0.15, 0.2) is 51.5 Å². The van der Waals surface area contributed by atoms with E-state index in [0.717, 1.165) is 5.56 Å². The molecule has 3 heterocycles. The van der Waals surface area contributed by atoms with E-state index in [1.807, 2.05) is 0 Å². The Labute approximate surface area is 186 Å². The Balaban J connectivity index is 1.70.